The lowest BCUT2D eigenvalue weighted by atomic mass is 10.1. The first kappa shape index (κ1) is 12.8. The summed E-state index contributed by atoms with van der Waals surface area (Å²) >= 11 is 6.19. The first-order valence-corrected chi connectivity index (χ1v) is 7.47. The predicted octanol–water partition coefficient (Wildman–Crippen LogP) is 3.67. The third-order valence-electron chi connectivity index (χ3n) is 4.35. The molecule has 4 nitrogen and oxygen atoms in total. The Morgan fingerprint density at radius 1 is 1.10 bits per heavy atom. The van der Waals surface area contributed by atoms with Gasteiger partial charge in [-0.3, -0.25) is 4.40 Å². The summed E-state index contributed by atoms with van der Waals surface area (Å²) < 4.78 is 2.07. The van der Waals surface area contributed by atoms with Crippen LogP contribution in [0.4, 0.5) is 0 Å². The van der Waals surface area contributed by atoms with E-state index in [4.69, 9.17) is 11.6 Å². The van der Waals surface area contributed by atoms with Crippen LogP contribution in [0, 0.1) is 13.8 Å². The van der Waals surface area contributed by atoms with Crippen molar-refractivity contribution in [1.29, 1.82) is 0 Å². The number of fused-ring (bicyclic) bond motifs is 1. The van der Waals surface area contributed by atoms with Crippen LogP contribution >= 0.6 is 11.6 Å². The van der Waals surface area contributed by atoms with Crippen molar-refractivity contribution in [3.05, 3.63) is 58.3 Å². The molecule has 0 saturated heterocycles. The highest BCUT2D eigenvalue weighted by Gasteiger charge is 2.43. The minimum Gasteiger partial charge on any atom is -0.279 e. The van der Waals surface area contributed by atoms with Crippen molar-refractivity contribution in [1.82, 2.24) is 19.6 Å². The molecule has 21 heavy (non-hydrogen) atoms. The highest BCUT2D eigenvalue weighted by molar-refractivity contribution is 6.32. The topological polar surface area (TPSA) is 43.1 Å². The van der Waals surface area contributed by atoms with Crippen LogP contribution in [0.3, 0.4) is 0 Å². The predicted molar refractivity (Wildman–Crippen MR) is 81.8 cm³/mol. The number of benzene rings is 1. The molecular weight excluding hydrogens is 284 g/mol. The molecule has 2 unspecified atom stereocenters. The van der Waals surface area contributed by atoms with Crippen molar-refractivity contribution >= 4 is 17.2 Å². The number of nitrogens with zero attached hydrogens (tertiary/aromatic N) is 4. The zero-order valence-electron chi connectivity index (χ0n) is 11.9. The number of aromatic nitrogens is 4. The van der Waals surface area contributed by atoms with Crippen molar-refractivity contribution in [2.75, 3.05) is 0 Å². The smallest absolute Gasteiger partial charge is 0.198 e. The Morgan fingerprint density at radius 2 is 1.86 bits per heavy atom. The molecule has 2 atom stereocenters. The lowest BCUT2D eigenvalue weighted by Crippen LogP contribution is -2.03. The molecule has 3 aromatic rings. The number of rotatable bonds is 2. The summed E-state index contributed by atoms with van der Waals surface area (Å²) in [4.78, 5) is 4.31. The van der Waals surface area contributed by atoms with Gasteiger partial charge in [-0.25, -0.2) is 4.98 Å². The Hall–Kier alpha value is -1.94. The maximum absolute atomic E-state index is 6.19. The number of hydrogen-bond acceptors (Lipinski definition) is 3. The highest BCUT2D eigenvalue weighted by atomic mass is 35.5. The monoisotopic (exact) mass is 298 g/mol. The molecule has 1 aliphatic rings. The standard InChI is InChI=1S/C16H15ClN4/c1-9-10(2)21-15(19-20-16(21)14(17)18-9)13-8-12(13)11-6-4-3-5-7-11/h3-7,12-13H,8H2,1-2H3. The summed E-state index contributed by atoms with van der Waals surface area (Å²) in [6.07, 6.45) is 1.11. The van der Waals surface area contributed by atoms with E-state index in [9.17, 15) is 0 Å². The van der Waals surface area contributed by atoms with E-state index < -0.39 is 0 Å². The van der Waals surface area contributed by atoms with Gasteiger partial charge in [-0.1, -0.05) is 41.9 Å². The van der Waals surface area contributed by atoms with Gasteiger partial charge in [0.2, 0.25) is 0 Å². The summed E-state index contributed by atoms with van der Waals surface area (Å²) in [5, 5.41) is 9.04. The van der Waals surface area contributed by atoms with E-state index in [1.54, 1.807) is 0 Å². The quantitative estimate of drug-likeness (QED) is 0.725. The van der Waals surface area contributed by atoms with Crippen molar-refractivity contribution < 1.29 is 0 Å². The van der Waals surface area contributed by atoms with Crippen molar-refractivity contribution in [2.45, 2.75) is 32.1 Å². The minimum absolute atomic E-state index is 0.416. The van der Waals surface area contributed by atoms with Crippen molar-refractivity contribution in [3.8, 4) is 0 Å². The average Bonchev–Trinajstić information content (AvgIpc) is 3.16. The first-order chi connectivity index (χ1) is 10.2. The maximum Gasteiger partial charge on any atom is 0.198 e. The van der Waals surface area contributed by atoms with Crippen molar-refractivity contribution in [2.24, 2.45) is 0 Å². The molecule has 2 heterocycles. The molecule has 1 aliphatic carbocycles. The van der Waals surface area contributed by atoms with Crippen LogP contribution in [-0.4, -0.2) is 19.6 Å². The van der Waals surface area contributed by atoms with Crippen LogP contribution < -0.4 is 0 Å². The molecule has 0 aliphatic heterocycles. The molecule has 0 N–H and O–H groups in total. The molecule has 0 radical (unpaired) electrons. The van der Waals surface area contributed by atoms with E-state index in [-0.39, 0.29) is 0 Å². The third-order valence-corrected chi connectivity index (χ3v) is 4.60. The van der Waals surface area contributed by atoms with E-state index in [2.05, 4.69) is 43.8 Å². The Morgan fingerprint density at radius 3 is 2.62 bits per heavy atom. The van der Waals surface area contributed by atoms with E-state index in [0.717, 1.165) is 23.6 Å². The second-order valence-corrected chi connectivity index (χ2v) is 6.01. The fraction of sp³-hybridized carbons (Fsp3) is 0.312. The lowest BCUT2D eigenvalue weighted by Gasteiger charge is -2.07. The zero-order valence-corrected chi connectivity index (χ0v) is 12.7. The molecule has 1 saturated carbocycles. The van der Waals surface area contributed by atoms with Crippen LogP contribution in [0.1, 0.15) is 41.0 Å². The van der Waals surface area contributed by atoms with Gasteiger partial charge in [0.15, 0.2) is 10.8 Å². The summed E-state index contributed by atoms with van der Waals surface area (Å²) in [7, 11) is 0. The summed E-state index contributed by atoms with van der Waals surface area (Å²) in [6, 6.07) is 10.6. The average molecular weight is 299 g/mol. The molecule has 1 aromatic carbocycles. The second kappa shape index (κ2) is 4.53. The molecule has 0 amide bonds. The Balaban J connectivity index is 1.80. The Bertz CT molecular complexity index is 825. The van der Waals surface area contributed by atoms with Gasteiger partial charge in [-0.05, 0) is 31.7 Å². The van der Waals surface area contributed by atoms with E-state index in [1.165, 1.54) is 5.56 Å². The zero-order chi connectivity index (χ0) is 14.6. The molecule has 2 aromatic heterocycles. The fourth-order valence-electron chi connectivity index (χ4n) is 2.99. The maximum atomic E-state index is 6.19. The number of aryl methyl sites for hydroxylation is 2. The highest BCUT2D eigenvalue weighted by Crippen LogP contribution is 2.54. The van der Waals surface area contributed by atoms with Crippen LogP contribution in [-0.2, 0) is 0 Å². The largest absolute Gasteiger partial charge is 0.279 e. The van der Waals surface area contributed by atoms with Gasteiger partial charge in [-0.15, -0.1) is 10.2 Å². The lowest BCUT2D eigenvalue weighted by molar-refractivity contribution is 0.846. The number of hydrogen-bond donors (Lipinski definition) is 0. The summed E-state index contributed by atoms with van der Waals surface area (Å²) in [5.41, 5.74) is 4.01. The van der Waals surface area contributed by atoms with Crippen LogP contribution in [0.25, 0.3) is 5.65 Å². The second-order valence-electron chi connectivity index (χ2n) is 5.65. The normalized spacial score (nSPS) is 20.9. The molecule has 106 valence electrons. The fourth-order valence-corrected chi connectivity index (χ4v) is 3.24. The van der Waals surface area contributed by atoms with Gasteiger partial charge in [0, 0.05) is 11.6 Å². The molecule has 0 bridgehead atoms. The van der Waals surface area contributed by atoms with Crippen LogP contribution in [0.2, 0.25) is 5.15 Å². The van der Waals surface area contributed by atoms with Crippen LogP contribution in [0.5, 0.6) is 0 Å². The van der Waals surface area contributed by atoms with E-state index in [1.807, 2.05) is 19.9 Å². The third kappa shape index (κ3) is 1.94. The van der Waals surface area contributed by atoms with E-state index >= 15 is 0 Å². The van der Waals surface area contributed by atoms with E-state index in [0.29, 0.717) is 22.6 Å². The van der Waals surface area contributed by atoms with Gasteiger partial charge in [0.05, 0.1) is 5.69 Å². The van der Waals surface area contributed by atoms with Crippen molar-refractivity contribution in [3.63, 3.8) is 0 Å². The van der Waals surface area contributed by atoms with Gasteiger partial charge < -0.3 is 0 Å². The van der Waals surface area contributed by atoms with Gasteiger partial charge in [-0.2, -0.15) is 0 Å². The minimum atomic E-state index is 0.416. The molecule has 4 rings (SSSR count). The number of halogens is 1. The molecule has 0 spiro atoms. The SMILES string of the molecule is Cc1nc(Cl)c2nnc(C3CC3c3ccccc3)n2c1C. The molecule has 1 fully saturated rings. The van der Waals surface area contributed by atoms with Crippen LogP contribution in [0.15, 0.2) is 30.3 Å². The summed E-state index contributed by atoms with van der Waals surface area (Å²) in [5.74, 6) is 1.95. The molecular formula is C16H15ClN4. The Labute approximate surface area is 127 Å². The van der Waals surface area contributed by atoms with Gasteiger partial charge >= 0.3 is 0 Å². The van der Waals surface area contributed by atoms with Gasteiger partial charge in [0.25, 0.3) is 0 Å². The Kier molecular flexibility index (Phi) is 2.76. The summed E-state index contributed by atoms with van der Waals surface area (Å²) in [6.45, 7) is 4.00. The van der Waals surface area contributed by atoms with Gasteiger partial charge in [0.1, 0.15) is 5.82 Å². The molecule has 5 heteroatoms. The first-order valence-electron chi connectivity index (χ1n) is 7.09.